The van der Waals surface area contributed by atoms with E-state index in [2.05, 4.69) is 20.1 Å². The molecule has 3 atom stereocenters. The summed E-state index contributed by atoms with van der Waals surface area (Å²) in [5, 5.41) is 15.1. The largest absolute Gasteiger partial charge is 0.490 e. The molecule has 0 aromatic carbocycles. The van der Waals surface area contributed by atoms with Crippen molar-refractivity contribution in [1.82, 2.24) is 9.88 Å². The number of alkyl halides is 3. The van der Waals surface area contributed by atoms with Crippen molar-refractivity contribution in [1.29, 1.82) is 5.26 Å². The summed E-state index contributed by atoms with van der Waals surface area (Å²) in [4.78, 5) is 32.7. The lowest BCUT2D eigenvalue weighted by Gasteiger charge is -2.37. The van der Waals surface area contributed by atoms with Crippen molar-refractivity contribution in [3.05, 3.63) is 35.9 Å². The summed E-state index contributed by atoms with van der Waals surface area (Å²) in [7, 11) is 0. The van der Waals surface area contributed by atoms with Crippen molar-refractivity contribution >= 4 is 17.6 Å². The number of halogens is 3. The zero-order valence-electron chi connectivity index (χ0n) is 19.5. The fraction of sp³-hybridized carbons (Fsp3) is 0.565. The average Bonchev–Trinajstić information content (AvgIpc) is 3.22. The molecule has 10 nitrogen and oxygen atoms in total. The highest BCUT2D eigenvalue weighted by Crippen LogP contribution is 2.36. The number of nitriles is 1. The summed E-state index contributed by atoms with van der Waals surface area (Å²) in [5.74, 6) is -3.92. The summed E-state index contributed by atoms with van der Waals surface area (Å²) >= 11 is 0. The Kier molecular flexibility index (Phi) is 7.53. The summed E-state index contributed by atoms with van der Waals surface area (Å²) in [5.41, 5.74) is 0.497. The number of hydrogen-bond donors (Lipinski definition) is 0. The predicted octanol–water partition coefficient (Wildman–Crippen LogP) is 2.96. The Bertz CT molecular complexity index is 1080. The minimum Gasteiger partial charge on any atom is -0.490 e. The molecule has 0 saturated carbocycles. The van der Waals surface area contributed by atoms with Crippen molar-refractivity contribution in [2.24, 2.45) is 16.1 Å². The summed E-state index contributed by atoms with van der Waals surface area (Å²) in [6, 6.07) is 5.64. The number of amides is 2. The number of likely N-dealkylation sites (tertiary alicyclic amines) is 1. The van der Waals surface area contributed by atoms with Crippen LogP contribution in [0, 0.1) is 17.2 Å². The van der Waals surface area contributed by atoms with E-state index < -0.39 is 36.0 Å². The number of ether oxygens (including phenoxy) is 2. The van der Waals surface area contributed by atoms with Crippen LogP contribution < -0.4 is 4.90 Å². The third-order valence-corrected chi connectivity index (χ3v) is 6.37. The number of carbonyl (C=O) groups is 2. The molecule has 1 aromatic heterocycles. The van der Waals surface area contributed by atoms with E-state index in [9.17, 15) is 22.8 Å². The molecule has 0 spiro atoms. The normalized spacial score (nSPS) is 24.0. The second kappa shape index (κ2) is 10.6. The van der Waals surface area contributed by atoms with Crippen LogP contribution >= 0.6 is 0 Å². The molecule has 3 aliphatic heterocycles. The van der Waals surface area contributed by atoms with Gasteiger partial charge in [-0.2, -0.15) is 23.5 Å². The van der Waals surface area contributed by atoms with Crippen LogP contribution in [0.15, 0.2) is 40.5 Å². The highest BCUT2D eigenvalue weighted by Gasteiger charge is 2.50. The van der Waals surface area contributed by atoms with Gasteiger partial charge in [0.15, 0.2) is 5.92 Å². The van der Waals surface area contributed by atoms with Crippen molar-refractivity contribution in [2.75, 3.05) is 31.1 Å². The lowest BCUT2D eigenvalue weighted by atomic mass is 10.0. The van der Waals surface area contributed by atoms with Gasteiger partial charge in [0, 0.05) is 38.3 Å². The molecule has 0 radical (unpaired) electrons. The van der Waals surface area contributed by atoms with Crippen LogP contribution in [0.5, 0.6) is 0 Å². The number of carbonyl (C=O) groups excluding carboxylic acids is 2. The number of rotatable bonds is 7. The number of azo groups is 1. The molecular weight excluding hydrogens is 481 g/mol. The maximum atomic E-state index is 13.2. The van der Waals surface area contributed by atoms with Gasteiger partial charge in [-0.1, -0.05) is 0 Å². The zero-order valence-corrected chi connectivity index (χ0v) is 19.5. The van der Waals surface area contributed by atoms with E-state index in [1.54, 1.807) is 6.07 Å². The Morgan fingerprint density at radius 3 is 2.58 bits per heavy atom. The van der Waals surface area contributed by atoms with Gasteiger partial charge in [0.25, 0.3) is 11.8 Å². The van der Waals surface area contributed by atoms with Crippen LogP contribution in [-0.2, 0) is 19.1 Å². The molecule has 4 heterocycles. The molecule has 4 rings (SSSR count). The second-order valence-corrected chi connectivity index (χ2v) is 8.87. The van der Waals surface area contributed by atoms with Gasteiger partial charge in [0.1, 0.15) is 29.9 Å². The van der Waals surface area contributed by atoms with Gasteiger partial charge in [-0.3, -0.25) is 9.59 Å². The van der Waals surface area contributed by atoms with Crippen LogP contribution in [0.4, 0.5) is 19.0 Å². The maximum absolute atomic E-state index is 13.2. The predicted molar refractivity (Wildman–Crippen MR) is 118 cm³/mol. The van der Waals surface area contributed by atoms with Crippen LogP contribution in [0.1, 0.15) is 31.7 Å². The smallest absolute Gasteiger partial charge is 0.407 e. The lowest BCUT2D eigenvalue weighted by molar-refractivity contribution is -0.183. The van der Waals surface area contributed by atoms with E-state index in [0.29, 0.717) is 18.5 Å². The Labute approximate surface area is 205 Å². The Morgan fingerprint density at radius 1 is 1.19 bits per heavy atom. The first-order chi connectivity index (χ1) is 17.2. The van der Waals surface area contributed by atoms with Crippen molar-refractivity contribution in [3.63, 3.8) is 0 Å². The van der Waals surface area contributed by atoms with Crippen molar-refractivity contribution in [2.45, 2.75) is 50.6 Å². The van der Waals surface area contributed by atoms with E-state index in [-0.39, 0.29) is 18.6 Å². The molecule has 0 N–H and O–H groups in total. The number of nitrogens with zero attached hydrogens (tertiary/aromatic N) is 6. The number of piperidine rings is 1. The monoisotopic (exact) mass is 506 g/mol. The van der Waals surface area contributed by atoms with E-state index in [4.69, 9.17) is 14.7 Å². The van der Waals surface area contributed by atoms with Gasteiger partial charge < -0.3 is 19.3 Å². The fourth-order valence-corrected chi connectivity index (χ4v) is 4.55. The highest BCUT2D eigenvalue weighted by atomic mass is 19.4. The third-order valence-electron chi connectivity index (χ3n) is 6.37. The quantitative estimate of drug-likeness (QED) is 0.558. The number of pyridine rings is 1. The average molecular weight is 506 g/mol. The molecule has 0 bridgehead atoms. The van der Waals surface area contributed by atoms with Gasteiger partial charge >= 0.3 is 6.18 Å². The van der Waals surface area contributed by atoms with Crippen molar-refractivity contribution in [3.8, 4) is 6.07 Å². The van der Waals surface area contributed by atoms with Crippen LogP contribution in [0.25, 0.3) is 0 Å². The van der Waals surface area contributed by atoms with Crippen LogP contribution in [0.3, 0.4) is 0 Å². The molecule has 2 fully saturated rings. The molecule has 2 amide bonds. The van der Waals surface area contributed by atoms with Gasteiger partial charge in [-0.25, -0.2) is 4.98 Å². The topological polar surface area (TPSA) is 120 Å². The second-order valence-electron chi connectivity index (χ2n) is 8.87. The summed E-state index contributed by atoms with van der Waals surface area (Å²) in [6.45, 7) is 3.34. The van der Waals surface area contributed by atoms with E-state index in [1.807, 2.05) is 17.0 Å². The highest BCUT2D eigenvalue weighted by molar-refractivity contribution is 5.83. The molecule has 36 heavy (non-hydrogen) atoms. The molecule has 0 aliphatic carbocycles. The lowest BCUT2D eigenvalue weighted by Crippen LogP contribution is -2.47. The summed E-state index contributed by atoms with van der Waals surface area (Å²) in [6.07, 6.45) is -2.08. The van der Waals surface area contributed by atoms with Crippen LogP contribution in [0.2, 0.25) is 0 Å². The minimum absolute atomic E-state index is 0.0608. The van der Waals surface area contributed by atoms with Gasteiger partial charge in [-0.05, 0) is 31.9 Å². The first-order valence-electron chi connectivity index (χ1n) is 11.6. The molecular formula is C23H25F3N6O4. The molecule has 3 aliphatic rings. The molecule has 2 unspecified atom stereocenters. The minimum atomic E-state index is -4.85. The zero-order chi connectivity index (χ0) is 25.9. The van der Waals surface area contributed by atoms with Crippen molar-refractivity contribution < 1.29 is 32.2 Å². The fourth-order valence-electron chi connectivity index (χ4n) is 4.55. The Balaban J connectivity index is 1.25. The van der Waals surface area contributed by atoms with E-state index in [1.165, 1.54) is 13.1 Å². The van der Waals surface area contributed by atoms with Gasteiger partial charge in [0.2, 0.25) is 0 Å². The Morgan fingerprint density at radius 2 is 1.94 bits per heavy atom. The maximum Gasteiger partial charge on any atom is 0.407 e. The summed E-state index contributed by atoms with van der Waals surface area (Å²) < 4.78 is 50.6. The van der Waals surface area contributed by atoms with Crippen LogP contribution in [-0.4, -0.2) is 72.4 Å². The van der Waals surface area contributed by atoms with Gasteiger partial charge in [0.05, 0.1) is 18.4 Å². The number of aromatic nitrogens is 1. The number of anilines is 1. The Hall–Kier alpha value is -3.53. The molecule has 13 heteroatoms. The first kappa shape index (κ1) is 25.6. The molecule has 2 saturated heterocycles. The first-order valence-corrected chi connectivity index (χ1v) is 11.6. The van der Waals surface area contributed by atoms with E-state index >= 15 is 0 Å². The standard InChI is InChI=1S/C23H25F3N6O4/c1-14(36-18-12-29-30-21(33)20(18)23(24,25)26)13-35-17-6-9-32(22(17)34)16-4-7-31(8-5-16)19-3-2-15(10-27)11-28-19/h2-3,11-12,14,16-17,20H,4-9,13H2,1H3/t14-,17?,20?/m0/s1. The van der Waals surface area contributed by atoms with E-state index in [0.717, 1.165) is 37.9 Å². The van der Waals surface area contributed by atoms with Gasteiger partial charge in [-0.15, -0.1) is 5.11 Å². The number of hydrogen-bond acceptors (Lipinski definition) is 8. The third kappa shape index (κ3) is 5.64. The molecule has 1 aromatic rings. The SMILES string of the molecule is C[C@@H](COC1CCN(C2CCN(c3ccc(C#N)cn3)CC2)C1=O)OC1=CN=NC(=O)C1C(F)(F)F. The molecule has 192 valence electrons.